The molecule has 2 aromatic heterocycles. The lowest BCUT2D eigenvalue weighted by molar-refractivity contribution is 0.277. The summed E-state index contributed by atoms with van der Waals surface area (Å²) in [4.78, 5) is 6.45. The van der Waals surface area contributed by atoms with Gasteiger partial charge in [0.1, 0.15) is 11.6 Å². The highest BCUT2D eigenvalue weighted by Gasteiger charge is 2.10. The molecule has 2 aromatic rings. The van der Waals surface area contributed by atoms with Crippen molar-refractivity contribution in [2.45, 2.75) is 19.6 Å². The summed E-state index contributed by atoms with van der Waals surface area (Å²) >= 11 is 0. The van der Waals surface area contributed by atoms with Crippen LogP contribution in [0.2, 0.25) is 0 Å². The second kappa shape index (κ2) is 5.16. The fourth-order valence-electron chi connectivity index (χ4n) is 1.78. The lowest BCUT2D eigenvalue weighted by Crippen LogP contribution is -2.20. The van der Waals surface area contributed by atoms with Crippen molar-refractivity contribution >= 4 is 0 Å². The molecule has 2 heterocycles. The minimum Gasteiger partial charge on any atom is -0.468 e. The first-order valence-electron chi connectivity index (χ1n) is 5.60. The molecule has 5 nitrogen and oxygen atoms in total. The number of nitrogens with zero attached hydrogens (tertiary/aromatic N) is 3. The van der Waals surface area contributed by atoms with Crippen molar-refractivity contribution in [2.24, 2.45) is 12.8 Å². The molecule has 0 aliphatic heterocycles. The van der Waals surface area contributed by atoms with Crippen molar-refractivity contribution < 1.29 is 4.42 Å². The van der Waals surface area contributed by atoms with Gasteiger partial charge in [0.2, 0.25) is 0 Å². The highest BCUT2D eigenvalue weighted by molar-refractivity contribution is 5.16. The van der Waals surface area contributed by atoms with Gasteiger partial charge in [-0.1, -0.05) is 0 Å². The zero-order chi connectivity index (χ0) is 12.3. The minimum atomic E-state index is 0.516. The first-order valence-corrected chi connectivity index (χ1v) is 5.60. The molecular formula is C12H18N4O. The Hall–Kier alpha value is -1.59. The minimum absolute atomic E-state index is 0.516. The highest BCUT2D eigenvalue weighted by atomic mass is 16.3. The second-order valence-corrected chi connectivity index (χ2v) is 4.20. The standard InChI is InChI=1S/C12H18N4O/c1-15(9-12-14-4-5-16(12)2)8-11-10(7-13)3-6-17-11/h3-6H,7-9,13H2,1-2H3. The van der Waals surface area contributed by atoms with Gasteiger partial charge in [-0.3, -0.25) is 4.90 Å². The van der Waals surface area contributed by atoms with E-state index in [0.717, 1.165) is 30.2 Å². The maximum atomic E-state index is 5.64. The third kappa shape index (κ3) is 2.75. The Kier molecular flexibility index (Phi) is 3.61. The van der Waals surface area contributed by atoms with Crippen molar-refractivity contribution in [3.63, 3.8) is 0 Å². The molecule has 2 N–H and O–H groups in total. The van der Waals surface area contributed by atoms with Gasteiger partial charge in [-0.05, 0) is 13.1 Å². The first kappa shape index (κ1) is 11.9. The molecule has 0 aliphatic carbocycles. The molecule has 0 aliphatic rings. The monoisotopic (exact) mass is 234 g/mol. The van der Waals surface area contributed by atoms with Gasteiger partial charge in [0.15, 0.2) is 0 Å². The Balaban J connectivity index is 1.98. The summed E-state index contributed by atoms with van der Waals surface area (Å²) in [5, 5.41) is 0. The van der Waals surface area contributed by atoms with E-state index in [2.05, 4.69) is 9.88 Å². The number of rotatable bonds is 5. The maximum Gasteiger partial charge on any atom is 0.122 e. The van der Waals surface area contributed by atoms with Crippen LogP contribution in [0, 0.1) is 0 Å². The lowest BCUT2D eigenvalue weighted by atomic mass is 10.2. The predicted molar refractivity (Wildman–Crippen MR) is 65.0 cm³/mol. The molecule has 0 atom stereocenters. The molecule has 0 bridgehead atoms. The van der Waals surface area contributed by atoms with Crippen LogP contribution in [0.1, 0.15) is 17.1 Å². The van der Waals surface area contributed by atoms with Gasteiger partial charge < -0.3 is 14.7 Å². The molecule has 92 valence electrons. The Morgan fingerprint density at radius 3 is 2.94 bits per heavy atom. The van der Waals surface area contributed by atoms with Gasteiger partial charge >= 0.3 is 0 Å². The molecule has 0 unspecified atom stereocenters. The topological polar surface area (TPSA) is 60.2 Å². The van der Waals surface area contributed by atoms with Crippen molar-refractivity contribution in [1.82, 2.24) is 14.5 Å². The van der Waals surface area contributed by atoms with Crippen LogP contribution in [0.4, 0.5) is 0 Å². The number of imidazole rings is 1. The molecule has 0 saturated carbocycles. The highest BCUT2D eigenvalue weighted by Crippen LogP contribution is 2.13. The van der Waals surface area contributed by atoms with Gasteiger partial charge in [0.05, 0.1) is 19.4 Å². The molecule has 2 rings (SSSR count). The van der Waals surface area contributed by atoms with Crippen LogP contribution in [0.3, 0.4) is 0 Å². The Bertz CT molecular complexity index is 474. The van der Waals surface area contributed by atoms with Crippen LogP contribution in [0.25, 0.3) is 0 Å². The van der Waals surface area contributed by atoms with E-state index < -0.39 is 0 Å². The van der Waals surface area contributed by atoms with Crippen molar-refractivity contribution in [1.29, 1.82) is 0 Å². The van der Waals surface area contributed by atoms with E-state index in [4.69, 9.17) is 10.2 Å². The van der Waals surface area contributed by atoms with Gasteiger partial charge in [0.25, 0.3) is 0 Å². The average molecular weight is 234 g/mol. The summed E-state index contributed by atoms with van der Waals surface area (Å²) in [5.41, 5.74) is 6.70. The molecule has 0 radical (unpaired) electrons. The summed E-state index contributed by atoms with van der Waals surface area (Å²) in [6.07, 6.45) is 5.44. The summed E-state index contributed by atoms with van der Waals surface area (Å²) in [6, 6.07) is 1.92. The average Bonchev–Trinajstić information content (AvgIpc) is 2.89. The quantitative estimate of drug-likeness (QED) is 0.841. The summed E-state index contributed by atoms with van der Waals surface area (Å²) in [5.74, 6) is 1.97. The third-order valence-corrected chi connectivity index (χ3v) is 2.80. The number of hydrogen-bond acceptors (Lipinski definition) is 4. The van der Waals surface area contributed by atoms with E-state index in [1.165, 1.54) is 0 Å². The van der Waals surface area contributed by atoms with Crippen molar-refractivity contribution in [3.8, 4) is 0 Å². The molecule has 0 saturated heterocycles. The normalized spacial score (nSPS) is 11.3. The van der Waals surface area contributed by atoms with Crippen LogP contribution in [-0.2, 0) is 26.7 Å². The smallest absolute Gasteiger partial charge is 0.122 e. The molecule has 5 heteroatoms. The number of hydrogen-bond donors (Lipinski definition) is 1. The SMILES string of the molecule is CN(Cc1occc1CN)Cc1nccn1C. The molecule has 0 spiro atoms. The van der Waals surface area contributed by atoms with Crippen LogP contribution < -0.4 is 5.73 Å². The fraction of sp³-hybridized carbons (Fsp3) is 0.417. The van der Waals surface area contributed by atoms with Crippen LogP contribution in [0.15, 0.2) is 29.1 Å². The van der Waals surface area contributed by atoms with Crippen molar-refractivity contribution in [2.75, 3.05) is 7.05 Å². The van der Waals surface area contributed by atoms with E-state index >= 15 is 0 Å². The lowest BCUT2D eigenvalue weighted by Gasteiger charge is -2.15. The van der Waals surface area contributed by atoms with E-state index in [1.54, 1.807) is 12.5 Å². The number of furan rings is 1. The van der Waals surface area contributed by atoms with E-state index in [0.29, 0.717) is 6.54 Å². The summed E-state index contributed by atoms with van der Waals surface area (Å²) < 4.78 is 7.44. The largest absolute Gasteiger partial charge is 0.468 e. The first-order chi connectivity index (χ1) is 8.20. The van der Waals surface area contributed by atoms with E-state index in [9.17, 15) is 0 Å². The van der Waals surface area contributed by atoms with Gasteiger partial charge in [-0.15, -0.1) is 0 Å². The van der Waals surface area contributed by atoms with Crippen LogP contribution in [0.5, 0.6) is 0 Å². The molecule has 0 fully saturated rings. The van der Waals surface area contributed by atoms with Crippen LogP contribution >= 0.6 is 0 Å². The third-order valence-electron chi connectivity index (χ3n) is 2.80. The second-order valence-electron chi connectivity index (χ2n) is 4.20. The fourth-order valence-corrected chi connectivity index (χ4v) is 1.78. The Morgan fingerprint density at radius 2 is 2.29 bits per heavy atom. The predicted octanol–water partition coefficient (Wildman–Crippen LogP) is 1.10. The van der Waals surface area contributed by atoms with Gasteiger partial charge in [0, 0.05) is 31.5 Å². The molecule has 0 amide bonds. The number of aryl methyl sites for hydroxylation is 1. The number of aromatic nitrogens is 2. The molecular weight excluding hydrogens is 216 g/mol. The summed E-state index contributed by atoms with van der Waals surface area (Å²) in [7, 11) is 4.03. The van der Waals surface area contributed by atoms with E-state index in [-0.39, 0.29) is 0 Å². The molecule has 17 heavy (non-hydrogen) atoms. The Labute approximate surface area is 101 Å². The van der Waals surface area contributed by atoms with Crippen LogP contribution in [-0.4, -0.2) is 21.5 Å². The Morgan fingerprint density at radius 1 is 1.47 bits per heavy atom. The zero-order valence-corrected chi connectivity index (χ0v) is 10.3. The van der Waals surface area contributed by atoms with Crippen molar-refractivity contribution in [3.05, 3.63) is 41.9 Å². The molecule has 0 aromatic carbocycles. The maximum absolute atomic E-state index is 5.64. The van der Waals surface area contributed by atoms with Gasteiger partial charge in [-0.25, -0.2) is 4.98 Å². The number of nitrogens with two attached hydrogens (primary N) is 1. The van der Waals surface area contributed by atoms with E-state index in [1.807, 2.05) is 30.9 Å². The summed E-state index contributed by atoms with van der Waals surface area (Å²) in [6.45, 7) is 2.04. The zero-order valence-electron chi connectivity index (χ0n) is 10.3. The van der Waals surface area contributed by atoms with Gasteiger partial charge in [-0.2, -0.15) is 0 Å².